The van der Waals surface area contributed by atoms with E-state index in [0.29, 0.717) is 0 Å². The van der Waals surface area contributed by atoms with E-state index in [9.17, 15) is 0 Å². The van der Waals surface area contributed by atoms with Crippen LogP contribution in [0.5, 0.6) is 0 Å². The van der Waals surface area contributed by atoms with E-state index < -0.39 is 0 Å². The first kappa shape index (κ1) is 13.2. The standard InChI is InChI=1S/C12H23N3O/c1-5-16-12(2,3)10-13-7-6-11-8-14-15(4)9-11/h8-9,13H,5-7,10H2,1-4H3. The molecule has 0 aliphatic carbocycles. The van der Waals surface area contributed by atoms with Gasteiger partial charge in [0.15, 0.2) is 0 Å². The van der Waals surface area contributed by atoms with Crippen LogP contribution in [-0.2, 0) is 18.2 Å². The second kappa shape index (κ2) is 6.01. The van der Waals surface area contributed by atoms with Gasteiger partial charge < -0.3 is 10.1 Å². The van der Waals surface area contributed by atoms with E-state index >= 15 is 0 Å². The highest BCUT2D eigenvalue weighted by Crippen LogP contribution is 2.06. The zero-order valence-electron chi connectivity index (χ0n) is 10.8. The molecule has 0 spiro atoms. The molecule has 1 N–H and O–H groups in total. The monoisotopic (exact) mass is 225 g/mol. The SMILES string of the molecule is CCOC(C)(C)CNCCc1cnn(C)c1. The Morgan fingerprint density at radius 2 is 2.25 bits per heavy atom. The number of hydrogen-bond donors (Lipinski definition) is 1. The van der Waals surface area contributed by atoms with Crippen molar-refractivity contribution in [3.63, 3.8) is 0 Å². The van der Waals surface area contributed by atoms with Gasteiger partial charge >= 0.3 is 0 Å². The Morgan fingerprint density at radius 3 is 2.81 bits per heavy atom. The Hall–Kier alpha value is -0.870. The number of nitrogens with zero attached hydrogens (tertiary/aromatic N) is 2. The minimum absolute atomic E-state index is 0.0797. The number of ether oxygens (including phenoxy) is 1. The van der Waals surface area contributed by atoms with E-state index in [1.165, 1.54) is 5.56 Å². The van der Waals surface area contributed by atoms with Gasteiger partial charge in [0, 0.05) is 26.4 Å². The van der Waals surface area contributed by atoms with Crippen molar-refractivity contribution in [2.75, 3.05) is 19.7 Å². The molecule has 1 heterocycles. The zero-order valence-corrected chi connectivity index (χ0v) is 10.8. The number of aryl methyl sites for hydroxylation is 1. The summed E-state index contributed by atoms with van der Waals surface area (Å²) in [6.07, 6.45) is 4.97. The quantitative estimate of drug-likeness (QED) is 0.712. The van der Waals surface area contributed by atoms with Crippen LogP contribution in [0.4, 0.5) is 0 Å². The first-order valence-corrected chi connectivity index (χ1v) is 5.86. The molecule has 0 radical (unpaired) electrons. The van der Waals surface area contributed by atoms with E-state index in [1.54, 1.807) is 0 Å². The van der Waals surface area contributed by atoms with Crippen molar-refractivity contribution >= 4 is 0 Å². The second-order valence-corrected chi connectivity index (χ2v) is 4.64. The van der Waals surface area contributed by atoms with Gasteiger partial charge in [-0.05, 0) is 39.3 Å². The predicted octanol–water partition coefficient (Wildman–Crippen LogP) is 1.37. The lowest BCUT2D eigenvalue weighted by Crippen LogP contribution is -2.38. The maximum absolute atomic E-state index is 5.61. The van der Waals surface area contributed by atoms with Crippen molar-refractivity contribution in [1.29, 1.82) is 0 Å². The summed E-state index contributed by atoms with van der Waals surface area (Å²) in [5.41, 5.74) is 1.19. The Labute approximate surface area is 98.0 Å². The fourth-order valence-corrected chi connectivity index (χ4v) is 1.66. The largest absolute Gasteiger partial charge is 0.375 e. The number of hydrogen-bond acceptors (Lipinski definition) is 3. The zero-order chi connectivity index (χ0) is 12.0. The first-order chi connectivity index (χ1) is 7.53. The summed E-state index contributed by atoms with van der Waals surface area (Å²) in [5, 5.41) is 7.54. The highest BCUT2D eigenvalue weighted by Gasteiger charge is 2.16. The summed E-state index contributed by atoms with van der Waals surface area (Å²) < 4.78 is 7.44. The molecule has 0 atom stereocenters. The molecule has 0 aliphatic heterocycles. The molecule has 4 heteroatoms. The Bertz CT molecular complexity index is 307. The van der Waals surface area contributed by atoms with Crippen molar-refractivity contribution in [3.05, 3.63) is 18.0 Å². The maximum atomic E-state index is 5.61. The molecule has 1 aromatic rings. The van der Waals surface area contributed by atoms with E-state index in [2.05, 4.69) is 30.5 Å². The Morgan fingerprint density at radius 1 is 1.50 bits per heavy atom. The summed E-state index contributed by atoms with van der Waals surface area (Å²) in [6, 6.07) is 0. The van der Waals surface area contributed by atoms with Crippen LogP contribution in [0.2, 0.25) is 0 Å². The van der Waals surface area contributed by atoms with Crippen LogP contribution in [0.15, 0.2) is 12.4 Å². The van der Waals surface area contributed by atoms with Crippen molar-refractivity contribution in [2.45, 2.75) is 32.8 Å². The van der Waals surface area contributed by atoms with Crippen LogP contribution in [-0.4, -0.2) is 35.1 Å². The Kier molecular flexibility index (Phi) is 4.96. The van der Waals surface area contributed by atoms with Crippen LogP contribution in [0, 0.1) is 0 Å². The van der Waals surface area contributed by atoms with Crippen molar-refractivity contribution in [1.82, 2.24) is 15.1 Å². The van der Waals surface area contributed by atoms with Gasteiger partial charge in [-0.3, -0.25) is 4.68 Å². The number of aromatic nitrogens is 2. The van der Waals surface area contributed by atoms with E-state index in [4.69, 9.17) is 4.74 Å². The van der Waals surface area contributed by atoms with Gasteiger partial charge in [-0.15, -0.1) is 0 Å². The fourth-order valence-electron chi connectivity index (χ4n) is 1.66. The molecule has 0 unspecified atom stereocenters. The smallest absolute Gasteiger partial charge is 0.0750 e. The summed E-state index contributed by atoms with van der Waals surface area (Å²) >= 11 is 0. The Balaban J connectivity index is 2.16. The van der Waals surface area contributed by atoms with Gasteiger partial charge in [0.2, 0.25) is 0 Å². The lowest BCUT2D eigenvalue weighted by Gasteiger charge is -2.24. The lowest BCUT2D eigenvalue weighted by molar-refractivity contribution is -0.00857. The highest BCUT2D eigenvalue weighted by molar-refractivity contribution is 5.03. The average molecular weight is 225 g/mol. The normalized spacial score (nSPS) is 12.0. The average Bonchev–Trinajstić information content (AvgIpc) is 2.59. The van der Waals surface area contributed by atoms with Gasteiger partial charge in [-0.1, -0.05) is 0 Å². The van der Waals surface area contributed by atoms with Crippen LogP contribution in [0.3, 0.4) is 0 Å². The molecule has 92 valence electrons. The minimum atomic E-state index is -0.0797. The third kappa shape index (κ3) is 4.77. The summed E-state index contributed by atoms with van der Waals surface area (Å²) in [7, 11) is 1.94. The molecule has 0 aliphatic rings. The maximum Gasteiger partial charge on any atom is 0.0750 e. The fraction of sp³-hybridized carbons (Fsp3) is 0.750. The first-order valence-electron chi connectivity index (χ1n) is 5.86. The topological polar surface area (TPSA) is 39.1 Å². The van der Waals surface area contributed by atoms with Crippen molar-refractivity contribution < 1.29 is 4.74 Å². The highest BCUT2D eigenvalue weighted by atomic mass is 16.5. The van der Waals surface area contributed by atoms with Gasteiger partial charge in [0.25, 0.3) is 0 Å². The number of nitrogens with one attached hydrogen (secondary N) is 1. The molecule has 16 heavy (non-hydrogen) atoms. The van der Waals surface area contributed by atoms with Crippen LogP contribution in [0.25, 0.3) is 0 Å². The molecule has 0 fully saturated rings. The minimum Gasteiger partial charge on any atom is -0.375 e. The van der Waals surface area contributed by atoms with Gasteiger partial charge in [0.1, 0.15) is 0 Å². The predicted molar refractivity (Wildman–Crippen MR) is 65.5 cm³/mol. The lowest BCUT2D eigenvalue weighted by atomic mass is 10.1. The van der Waals surface area contributed by atoms with Gasteiger partial charge in [-0.2, -0.15) is 5.10 Å². The molecular weight excluding hydrogens is 202 g/mol. The summed E-state index contributed by atoms with van der Waals surface area (Å²) in [6.45, 7) is 8.83. The van der Waals surface area contributed by atoms with Gasteiger partial charge in [-0.25, -0.2) is 0 Å². The third-order valence-corrected chi connectivity index (χ3v) is 2.43. The molecule has 0 saturated carbocycles. The molecule has 0 bridgehead atoms. The van der Waals surface area contributed by atoms with Crippen LogP contribution < -0.4 is 5.32 Å². The van der Waals surface area contributed by atoms with Crippen molar-refractivity contribution in [2.24, 2.45) is 7.05 Å². The number of rotatable bonds is 7. The van der Waals surface area contributed by atoms with Crippen molar-refractivity contribution in [3.8, 4) is 0 Å². The second-order valence-electron chi connectivity index (χ2n) is 4.64. The van der Waals surface area contributed by atoms with Crippen LogP contribution in [0.1, 0.15) is 26.3 Å². The molecule has 1 rings (SSSR count). The third-order valence-electron chi connectivity index (χ3n) is 2.43. The summed E-state index contributed by atoms with van der Waals surface area (Å²) in [5.74, 6) is 0. The van der Waals surface area contributed by atoms with Gasteiger partial charge in [0.05, 0.1) is 11.8 Å². The molecule has 0 saturated heterocycles. The molecule has 4 nitrogen and oxygen atoms in total. The van der Waals surface area contributed by atoms with E-state index in [1.807, 2.05) is 24.9 Å². The van der Waals surface area contributed by atoms with Crippen LogP contribution >= 0.6 is 0 Å². The summed E-state index contributed by atoms with van der Waals surface area (Å²) in [4.78, 5) is 0. The molecule has 1 aromatic heterocycles. The van der Waals surface area contributed by atoms with E-state index in [-0.39, 0.29) is 5.60 Å². The molecule has 0 aromatic carbocycles. The molecule has 0 amide bonds. The van der Waals surface area contributed by atoms with E-state index in [0.717, 1.165) is 26.1 Å². The molecular formula is C12H23N3O.